The largest absolute Gasteiger partial charge is 0.505 e. The summed E-state index contributed by atoms with van der Waals surface area (Å²) in [6.07, 6.45) is 4.09. The molecule has 1 N–H and O–H groups in total. The molecule has 0 radical (unpaired) electrons. The predicted molar refractivity (Wildman–Crippen MR) is 58.1 cm³/mol. The first-order valence-corrected chi connectivity index (χ1v) is 5.68. The number of rotatable bonds is 9. The minimum absolute atomic E-state index is 0.140. The Hall–Kier alpha value is -0.770. The predicted octanol–water partition coefficient (Wildman–Crippen LogP) is 3.06. The Morgan fingerprint density at radius 1 is 1.27 bits per heavy atom. The number of hydrogen-bond acceptors (Lipinski definition) is 3. The van der Waals surface area contributed by atoms with E-state index in [1.807, 2.05) is 6.92 Å². The van der Waals surface area contributed by atoms with Crippen LogP contribution in [0.1, 0.15) is 46.0 Å². The van der Waals surface area contributed by atoms with Gasteiger partial charge in [-0.2, -0.15) is 0 Å². The summed E-state index contributed by atoms with van der Waals surface area (Å²) in [7, 11) is 0. The highest BCUT2D eigenvalue weighted by Crippen LogP contribution is 2.10. The van der Waals surface area contributed by atoms with Crippen molar-refractivity contribution in [2.45, 2.75) is 52.1 Å². The molecule has 0 aromatic carbocycles. The second kappa shape index (κ2) is 9.77. The Balaban J connectivity index is 3.57. The summed E-state index contributed by atoms with van der Waals surface area (Å²) < 4.78 is 9.96. The van der Waals surface area contributed by atoms with Crippen molar-refractivity contribution in [1.29, 1.82) is 0 Å². The van der Waals surface area contributed by atoms with Crippen molar-refractivity contribution in [3.63, 3.8) is 0 Å². The fraction of sp³-hybridized carbons (Fsp3) is 0.909. The average molecular weight is 218 g/mol. The van der Waals surface area contributed by atoms with E-state index in [0.29, 0.717) is 13.0 Å². The first-order valence-electron chi connectivity index (χ1n) is 5.68. The molecule has 0 aliphatic rings. The van der Waals surface area contributed by atoms with E-state index in [4.69, 9.17) is 9.84 Å². The van der Waals surface area contributed by atoms with Gasteiger partial charge in [-0.3, -0.25) is 0 Å². The van der Waals surface area contributed by atoms with Crippen molar-refractivity contribution in [3.8, 4) is 0 Å². The molecule has 0 aliphatic heterocycles. The normalized spacial score (nSPS) is 12.4. The molecular formula is C11H22O4. The molecule has 0 spiro atoms. The lowest BCUT2D eigenvalue weighted by Gasteiger charge is -2.16. The van der Waals surface area contributed by atoms with Crippen LogP contribution in [0.5, 0.6) is 0 Å². The molecule has 0 fully saturated rings. The lowest BCUT2D eigenvalue weighted by molar-refractivity contribution is 0.0251. The maximum absolute atomic E-state index is 10.1. The molecule has 0 saturated carbocycles. The van der Waals surface area contributed by atoms with Crippen LogP contribution in [-0.2, 0) is 9.47 Å². The molecule has 1 unspecified atom stereocenters. The van der Waals surface area contributed by atoms with E-state index in [2.05, 4.69) is 11.7 Å². The van der Waals surface area contributed by atoms with Gasteiger partial charge in [-0.05, 0) is 13.3 Å². The van der Waals surface area contributed by atoms with E-state index in [-0.39, 0.29) is 12.7 Å². The summed E-state index contributed by atoms with van der Waals surface area (Å²) in [6, 6.07) is 0. The van der Waals surface area contributed by atoms with Crippen molar-refractivity contribution in [3.05, 3.63) is 0 Å². The molecule has 4 heteroatoms. The highest BCUT2D eigenvalue weighted by molar-refractivity contribution is 5.56. The topological polar surface area (TPSA) is 55.8 Å². The summed E-state index contributed by atoms with van der Waals surface area (Å²) in [6.45, 7) is 5.00. The van der Waals surface area contributed by atoms with Crippen LogP contribution in [0.3, 0.4) is 0 Å². The number of unbranched alkanes of at least 4 members (excludes halogenated alkanes) is 2. The molecule has 0 rings (SSSR count). The van der Waals surface area contributed by atoms with Gasteiger partial charge in [-0.15, -0.1) is 0 Å². The fourth-order valence-corrected chi connectivity index (χ4v) is 1.45. The monoisotopic (exact) mass is 218 g/mol. The van der Waals surface area contributed by atoms with Crippen LogP contribution >= 0.6 is 0 Å². The van der Waals surface area contributed by atoms with Gasteiger partial charge in [0.1, 0.15) is 0 Å². The van der Waals surface area contributed by atoms with E-state index < -0.39 is 6.16 Å². The smallest absolute Gasteiger partial charge is 0.450 e. The van der Waals surface area contributed by atoms with Crippen LogP contribution in [0.4, 0.5) is 4.79 Å². The van der Waals surface area contributed by atoms with E-state index in [1.165, 1.54) is 12.8 Å². The second-order valence-corrected chi connectivity index (χ2v) is 3.48. The number of ether oxygens (including phenoxy) is 2. The molecule has 0 aromatic rings. The maximum Gasteiger partial charge on any atom is 0.505 e. The average Bonchev–Trinajstić information content (AvgIpc) is 2.17. The minimum Gasteiger partial charge on any atom is -0.450 e. The van der Waals surface area contributed by atoms with Gasteiger partial charge in [0, 0.05) is 13.0 Å². The number of carboxylic acid groups (broad SMARTS) is 1. The van der Waals surface area contributed by atoms with Crippen LogP contribution in [0.2, 0.25) is 0 Å². The zero-order chi connectivity index (χ0) is 11.5. The van der Waals surface area contributed by atoms with Crippen LogP contribution < -0.4 is 0 Å². The molecular weight excluding hydrogens is 196 g/mol. The Morgan fingerprint density at radius 3 is 2.53 bits per heavy atom. The van der Waals surface area contributed by atoms with E-state index >= 15 is 0 Å². The quantitative estimate of drug-likeness (QED) is 0.477. The van der Waals surface area contributed by atoms with E-state index in [9.17, 15) is 4.79 Å². The van der Waals surface area contributed by atoms with Crippen molar-refractivity contribution in [2.24, 2.45) is 0 Å². The zero-order valence-corrected chi connectivity index (χ0v) is 9.70. The van der Waals surface area contributed by atoms with E-state index in [0.717, 1.165) is 12.8 Å². The number of hydrogen-bond donors (Lipinski definition) is 1. The van der Waals surface area contributed by atoms with Crippen molar-refractivity contribution < 1.29 is 19.4 Å². The highest BCUT2D eigenvalue weighted by atomic mass is 16.7. The number of carbonyl (C=O) groups is 1. The van der Waals surface area contributed by atoms with Gasteiger partial charge in [-0.1, -0.05) is 26.2 Å². The van der Waals surface area contributed by atoms with Gasteiger partial charge >= 0.3 is 6.16 Å². The summed E-state index contributed by atoms with van der Waals surface area (Å²) in [5.41, 5.74) is 0. The summed E-state index contributed by atoms with van der Waals surface area (Å²) >= 11 is 0. The molecule has 0 aliphatic carbocycles. The van der Waals surface area contributed by atoms with Crippen molar-refractivity contribution in [2.75, 3.05) is 13.2 Å². The SMILES string of the molecule is CCCCCC(CCOC(=O)O)OCC. The zero-order valence-electron chi connectivity index (χ0n) is 9.70. The molecule has 15 heavy (non-hydrogen) atoms. The van der Waals surface area contributed by atoms with Gasteiger partial charge < -0.3 is 14.6 Å². The Labute approximate surface area is 91.6 Å². The molecule has 0 bridgehead atoms. The molecule has 90 valence electrons. The Bertz CT molecular complexity index is 159. The van der Waals surface area contributed by atoms with Crippen LogP contribution in [0.25, 0.3) is 0 Å². The van der Waals surface area contributed by atoms with E-state index in [1.54, 1.807) is 0 Å². The third kappa shape index (κ3) is 9.53. The third-order valence-corrected chi connectivity index (χ3v) is 2.20. The van der Waals surface area contributed by atoms with Gasteiger partial charge in [0.15, 0.2) is 0 Å². The standard InChI is InChI=1S/C11H22O4/c1-3-5-6-7-10(14-4-2)8-9-15-11(12)13/h10H,3-9H2,1-2H3,(H,12,13). The summed E-state index contributed by atoms with van der Waals surface area (Å²) in [5.74, 6) is 0. The Kier molecular flexibility index (Phi) is 9.27. The van der Waals surface area contributed by atoms with Crippen LogP contribution in [0, 0.1) is 0 Å². The van der Waals surface area contributed by atoms with Gasteiger partial charge in [0.25, 0.3) is 0 Å². The molecule has 4 nitrogen and oxygen atoms in total. The lowest BCUT2D eigenvalue weighted by atomic mass is 10.1. The first kappa shape index (κ1) is 14.2. The van der Waals surface area contributed by atoms with Gasteiger partial charge in [0.05, 0.1) is 12.7 Å². The Morgan fingerprint density at radius 2 is 2.00 bits per heavy atom. The third-order valence-electron chi connectivity index (χ3n) is 2.20. The fourth-order valence-electron chi connectivity index (χ4n) is 1.45. The van der Waals surface area contributed by atoms with Gasteiger partial charge in [0.2, 0.25) is 0 Å². The van der Waals surface area contributed by atoms with Crippen molar-refractivity contribution >= 4 is 6.16 Å². The van der Waals surface area contributed by atoms with Crippen LogP contribution in [-0.4, -0.2) is 30.6 Å². The first-order chi connectivity index (χ1) is 7.20. The highest BCUT2D eigenvalue weighted by Gasteiger charge is 2.09. The van der Waals surface area contributed by atoms with Crippen molar-refractivity contribution in [1.82, 2.24) is 0 Å². The maximum atomic E-state index is 10.1. The minimum atomic E-state index is -1.21. The molecule has 0 saturated heterocycles. The molecule has 0 heterocycles. The lowest BCUT2D eigenvalue weighted by Crippen LogP contribution is -2.16. The molecule has 0 amide bonds. The molecule has 1 atom stereocenters. The van der Waals surface area contributed by atoms with Gasteiger partial charge in [-0.25, -0.2) is 4.79 Å². The second-order valence-electron chi connectivity index (χ2n) is 3.48. The summed E-state index contributed by atoms with van der Waals surface area (Å²) in [4.78, 5) is 10.1. The molecule has 0 aromatic heterocycles. The summed E-state index contributed by atoms with van der Waals surface area (Å²) in [5, 5.41) is 8.31. The van der Waals surface area contributed by atoms with Crippen LogP contribution in [0.15, 0.2) is 0 Å².